The number of ether oxygens (including phenoxy) is 1. The van der Waals surface area contributed by atoms with Crippen LogP contribution in [0.15, 0.2) is 24.3 Å². The van der Waals surface area contributed by atoms with Crippen LogP contribution in [0.4, 0.5) is 5.69 Å². The van der Waals surface area contributed by atoms with Crippen molar-refractivity contribution in [2.24, 2.45) is 0 Å². The molecule has 0 atom stereocenters. The molecule has 0 spiro atoms. The van der Waals surface area contributed by atoms with E-state index in [1.54, 1.807) is 31.4 Å². The van der Waals surface area contributed by atoms with E-state index < -0.39 is 10.2 Å². The molecule has 2 N–H and O–H groups in total. The molecule has 1 aliphatic heterocycles. The van der Waals surface area contributed by atoms with Gasteiger partial charge in [-0.25, -0.2) is 4.72 Å². The number of carbonyl (C=O) groups excluding carboxylic acids is 1. The molecule has 8 heteroatoms. The maximum atomic E-state index is 11.8. The predicted octanol–water partition coefficient (Wildman–Crippen LogP) is 0.174. The molecule has 20 heavy (non-hydrogen) atoms. The largest absolute Gasteiger partial charge is 0.497 e. The first kappa shape index (κ1) is 14.8. The number of rotatable bonds is 4. The second-order valence-electron chi connectivity index (χ2n) is 4.36. The molecule has 0 unspecified atom stereocenters. The van der Waals surface area contributed by atoms with Gasteiger partial charge in [0.2, 0.25) is 5.91 Å². The third kappa shape index (κ3) is 3.69. The molecule has 1 heterocycles. The van der Waals surface area contributed by atoms with Crippen molar-refractivity contribution in [3.05, 3.63) is 24.3 Å². The summed E-state index contributed by atoms with van der Waals surface area (Å²) in [5.74, 6) is 0.313. The lowest BCUT2D eigenvalue weighted by Crippen LogP contribution is -2.49. The highest BCUT2D eigenvalue weighted by atomic mass is 32.2. The molecule has 0 aromatic heterocycles. The zero-order valence-corrected chi connectivity index (χ0v) is 11.9. The topological polar surface area (TPSA) is 87.7 Å². The molecule has 110 valence electrons. The van der Waals surface area contributed by atoms with Crippen molar-refractivity contribution < 1.29 is 17.9 Å². The summed E-state index contributed by atoms with van der Waals surface area (Å²) < 4.78 is 31.9. The van der Waals surface area contributed by atoms with Crippen molar-refractivity contribution in [1.82, 2.24) is 9.03 Å². The minimum absolute atomic E-state index is 0.193. The molecule has 7 nitrogen and oxygen atoms in total. The maximum absolute atomic E-state index is 11.8. The van der Waals surface area contributed by atoms with Gasteiger partial charge in [-0.15, -0.1) is 0 Å². The fraction of sp³-hybridized carbons (Fsp3) is 0.417. The highest BCUT2D eigenvalue weighted by Gasteiger charge is 2.27. The molecule has 1 amide bonds. The summed E-state index contributed by atoms with van der Waals surface area (Å²) in [4.78, 5) is 11.8. The first-order chi connectivity index (χ1) is 9.51. The van der Waals surface area contributed by atoms with E-state index in [4.69, 9.17) is 4.74 Å². The van der Waals surface area contributed by atoms with Crippen LogP contribution in [0.3, 0.4) is 0 Å². The van der Waals surface area contributed by atoms with Gasteiger partial charge in [0.25, 0.3) is 10.2 Å². The second-order valence-corrected chi connectivity index (χ2v) is 6.12. The van der Waals surface area contributed by atoms with Crippen LogP contribution in [0.25, 0.3) is 0 Å². The molecular formula is C12H17N3O4S. The van der Waals surface area contributed by atoms with Gasteiger partial charge < -0.3 is 10.1 Å². The summed E-state index contributed by atoms with van der Waals surface area (Å²) >= 11 is 0. The third-order valence-corrected chi connectivity index (χ3v) is 4.46. The first-order valence-electron chi connectivity index (χ1n) is 6.20. The molecule has 1 fully saturated rings. The van der Waals surface area contributed by atoms with E-state index in [0.717, 1.165) is 4.31 Å². The van der Waals surface area contributed by atoms with Gasteiger partial charge in [0.1, 0.15) is 5.75 Å². The Balaban J connectivity index is 1.94. The summed E-state index contributed by atoms with van der Waals surface area (Å²) in [5.41, 5.74) is 0.596. The Hall–Kier alpha value is -1.64. The molecule has 0 saturated carbocycles. The van der Waals surface area contributed by atoms with Crippen molar-refractivity contribution in [3.8, 4) is 5.75 Å². The highest BCUT2D eigenvalue weighted by Crippen LogP contribution is 2.15. The predicted molar refractivity (Wildman–Crippen MR) is 74.7 cm³/mol. The Kier molecular flexibility index (Phi) is 4.58. The van der Waals surface area contributed by atoms with Gasteiger partial charge in [-0.05, 0) is 30.7 Å². The normalized spacial score (nSPS) is 18.4. The van der Waals surface area contributed by atoms with Gasteiger partial charge in [-0.3, -0.25) is 4.79 Å². The number of nitrogens with zero attached hydrogens (tertiary/aromatic N) is 1. The zero-order chi connectivity index (χ0) is 14.6. The Labute approximate surface area is 118 Å². The second kappa shape index (κ2) is 6.21. The van der Waals surface area contributed by atoms with Gasteiger partial charge >= 0.3 is 0 Å². The van der Waals surface area contributed by atoms with E-state index in [9.17, 15) is 13.2 Å². The van der Waals surface area contributed by atoms with Crippen molar-refractivity contribution in [1.29, 1.82) is 0 Å². The van der Waals surface area contributed by atoms with E-state index in [1.165, 1.54) is 0 Å². The summed E-state index contributed by atoms with van der Waals surface area (Å²) in [6, 6.07) is 6.82. The van der Waals surface area contributed by atoms with Crippen LogP contribution in [0.2, 0.25) is 0 Å². The number of anilines is 1. The standard InChI is InChI=1S/C12H17N3O4S/c1-19-11-5-3-10(4-6-11)14-12(16)9-15-8-2-7-13-20(15,17)18/h3-6,13H,2,7-9H2,1H3,(H,14,16). The first-order valence-corrected chi connectivity index (χ1v) is 7.64. The lowest BCUT2D eigenvalue weighted by atomic mass is 10.3. The molecule has 0 bridgehead atoms. The van der Waals surface area contributed by atoms with E-state index in [0.29, 0.717) is 30.9 Å². The van der Waals surface area contributed by atoms with Gasteiger partial charge in [-0.2, -0.15) is 12.7 Å². The summed E-state index contributed by atoms with van der Waals surface area (Å²) in [7, 11) is -1.96. The van der Waals surface area contributed by atoms with Crippen molar-refractivity contribution in [3.63, 3.8) is 0 Å². The van der Waals surface area contributed by atoms with E-state index in [1.807, 2.05) is 0 Å². The highest BCUT2D eigenvalue weighted by molar-refractivity contribution is 7.87. The Morgan fingerprint density at radius 2 is 2.10 bits per heavy atom. The molecule has 1 aliphatic rings. The van der Waals surface area contributed by atoms with Crippen LogP contribution < -0.4 is 14.8 Å². The monoisotopic (exact) mass is 299 g/mol. The smallest absolute Gasteiger partial charge is 0.279 e. The summed E-state index contributed by atoms with van der Waals surface area (Å²) in [6.07, 6.45) is 0.690. The Morgan fingerprint density at radius 3 is 2.70 bits per heavy atom. The molecule has 0 aliphatic carbocycles. The molecule has 1 aromatic rings. The average Bonchev–Trinajstić information content (AvgIpc) is 2.42. The van der Waals surface area contributed by atoms with Gasteiger partial charge in [-0.1, -0.05) is 0 Å². The number of benzene rings is 1. The lowest BCUT2D eigenvalue weighted by molar-refractivity contribution is -0.116. The molecule has 2 rings (SSSR count). The van der Waals surface area contributed by atoms with E-state index >= 15 is 0 Å². The fourth-order valence-electron chi connectivity index (χ4n) is 1.87. The number of amides is 1. The van der Waals surface area contributed by atoms with Crippen molar-refractivity contribution in [2.75, 3.05) is 32.1 Å². The SMILES string of the molecule is COc1ccc(NC(=O)CN2CCCNS2(=O)=O)cc1. The van der Waals surface area contributed by atoms with Crippen LogP contribution in [-0.4, -0.2) is 45.4 Å². The molecule has 1 saturated heterocycles. The summed E-state index contributed by atoms with van der Waals surface area (Å²) in [5, 5.41) is 2.65. The van der Waals surface area contributed by atoms with E-state index in [2.05, 4.69) is 10.0 Å². The summed E-state index contributed by atoms with van der Waals surface area (Å²) in [6.45, 7) is 0.575. The van der Waals surface area contributed by atoms with E-state index in [-0.39, 0.29) is 12.5 Å². The number of carbonyl (C=O) groups is 1. The molecule has 1 aromatic carbocycles. The number of hydrogen-bond acceptors (Lipinski definition) is 4. The van der Waals surface area contributed by atoms with Crippen LogP contribution in [0, 0.1) is 0 Å². The average molecular weight is 299 g/mol. The number of hydrogen-bond donors (Lipinski definition) is 2. The van der Waals surface area contributed by atoms with Gasteiger partial charge in [0.15, 0.2) is 0 Å². The zero-order valence-electron chi connectivity index (χ0n) is 11.1. The van der Waals surface area contributed by atoms with Crippen LogP contribution >= 0.6 is 0 Å². The Bertz CT molecular complexity index is 571. The van der Waals surface area contributed by atoms with Crippen LogP contribution in [0.5, 0.6) is 5.75 Å². The minimum Gasteiger partial charge on any atom is -0.497 e. The lowest BCUT2D eigenvalue weighted by Gasteiger charge is -2.26. The fourth-order valence-corrected chi connectivity index (χ4v) is 3.11. The maximum Gasteiger partial charge on any atom is 0.279 e. The number of methoxy groups -OCH3 is 1. The third-order valence-electron chi connectivity index (χ3n) is 2.90. The van der Waals surface area contributed by atoms with Crippen LogP contribution in [0.1, 0.15) is 6.42 Å². The van der Waals surface area contributed by atoms with Crippen LogP contribution in [-0.2, 0) is 15.0 Å². The quantitative estimate of drug-likeness (QED) is 0.830. The van der Waals surface area contributed by atoms with Gasteiger partial charge in [0.05, 0.1) is 13.7 Å². The minimum atomic E-state index is -3.52. The molecule has 0 radical (unpaired) electrons. The van der Waals surface area contributed by atoms with Crippen molar-refractivity contribution >= 4 is 21.8 Å². The van der Waals surface area contributed by atoms with Crippen molar-refractivity contribution in [2.45, 2.75) is 6.42 Å². The Morgan fingerprint density at radius 1 is 1.40 bits per heavy atom. The molecular weight excluding hydrogens is 282 g/mol. The number of nitrogens with one attached hydrogen (secondary N) is 2. The van der Waals surface area contributed by atoms with Gasteiger partial charge in [0, 0.05) is 18.8 Å².